The molecule has 2 rings (SSSR count). The molecule has 1 aliphatic rings. The van der Waals surface area contributed by atoms with Gasteiger partial charge in [0.25, 0.3) is 0 Å². The molecular formula is C13H20N4O2. The van der Waals surface area contributed by atoms with Gasteiger partial charge in [0.15, 0.2) is 0 Å². The van der Waals surface area contributed by atoms with Gasteiger partial charge in [-0.05, 0) is 13.3 Å². The van der Waals surface area contributed by atoms with Gasteiger partial charge in [0.2, 0.25) is 5.91 Å². The van der Waals surface area contributed by atoms with Gasteiger partial charge in [-0.3, -0.25) is 4.79 Å². The second-order valence-electron chi connectivity index (χ2n) is 4.70. The molecule has 1 aromatic rings. The molecule has 0 bridgehead atoms. The van der Waals surface area contributed by atoms with Crippen molar-refractivity contribution < 1.29 is 9.53 Å². The van der Waals surface area contributed by atoms with E-state index in [2.05, 4.69) is 20.6 Å². The summed E-state index contributed by atoms with van der Waals surface area (Å²) >= 11 is 0. The highest BCUT2D eigenvalue weighted by Crippen LogP contribution is 2.24. The van der Waals surface area contributed by atoms with Crippen LogP contribution < -0.4 is 10.6 Å². The van der Waals surface area contributed by atoms with Crippen molar-refractivity contribution in [3.8, 4) is 0 Å². The van der Waals surface area contributed by atoms with E-state index in [1.807, 2.05) is 13.0 Å². The quantitative estimate of drug-likeness (QED) is 0.771. The van der Waals surface area contributed by atoms with Crippen LogP contribution >= 0.6 is 0 Å². The van der Waals surface area contributed by atoms with E-state index in [1.54, 1.807) is 0 Å². The first kappa shape index (κ1) is 13.7. The number of anilines is 1. The van der Waals surface area contributed by atoms with Crippen molar-refractivity contribution >= 4 is 11.7 Å². The Bertz CT molecular complexity index is 444. The van der Waals surface area contributed by atoms with Crippen LogP contribution in [0, 0.1) is 6.92 Å². The summed E-state index contributed by atoms with van der Waals surface area (Å²) in [7, 11) is 0. The van der Waals surface area contributed by atoms with E-state index in [9.17, 15) is 4.79 Å². The molecule has 1 fully saturated rings. The monoisotopic (exact) mass is 264 g/mol. The second-order valence-corrected chi connectivity index (χ2v) is 4.70. The number of aromatic nitrogens is 2. The summed E-state index contributed by atoms with van der Waals surface area (Å²) in [5, 5.41) is 5.93. The molecular weight excluding hydrogens is 244 g/mol. The first-order valence-corrected chi connectivity index (χ1v) is 6.57. The molecule has 2 heterocycles. The van der Waals surface area contributed by atoms with Gasteiger partial charge in [-0.15, -0.1) is 0 Å². The number of carbonyl (C=O) groups excluding carboxylic acids is 1. The van der Waals surface area contributed by atoms with Crippen LogP contribution in [0.3, 0.4) is 0 Å². The van der Waals surface area contributed by atoms with Gasteiger partial charge < -0.3 is 15.4 Å². The highest BCUT2D eigenvalue weighted by molar-refractivity contribution is 5.72. The maximum Gasteiger partial charge on any atom is 0.216 e. The molecule has 0 aromatic carbocycles. The molecule has 6 nitrogen and oxygen atoms in total. The van der Waals surface area contributed by atoms with Crippen LogP contribution in [-0.4, -0.2) is 42.2 Å². The lowest BCUT2D eigenvalue weighted by Crippen LogP contribution is -2.26. The van der Waals surface area contributed by atoms with Crippen molar-refractivity contribution in [2.75, 3.05) is 31.6 Å². The lowest BCUT2D eigenvalue weighted by Gasteiger charge is -2.11. The summed E-state index contributed by atoms with van der Waals surface area (Å²) in [5.74, 6) is 1.91. The van der Waals surface area contributed by atoms with E-state index in [0.29, 0.717) is 19.0 Å². The first-order valence-electron chi connectivity index (χ1n) is 6.57. The summed E-state index contributed by atoms with van der Waals surface area (Å²) < 4.78 is 5.39. The number of ether oxygens (including phenoxy) is 1. The Morgan fingerprint density at radius 3 is 3.00 bits per heavy atom. The Morgan fingerprint density at radius 2 is 2.32 bits per heavy atom. The van der Waals surface area contributed by atoms with Crippen LogP contribution in [0.4, 0.5) is 5.82 Å². The number of nitrogens with zero attached hydrogens (tertiary/aromatic N) is 2. The van der Waals surface area contributed by atoms with Gasteiger partial charge >= 0.3 is 0 Å². The third-order valence-corrected chi connectivity index (χ3v) is 3.01. The Labute approximate surface area is 113 Å². The molecule has 0 saturated carbocycles. The topological polar surface area (TPSA) is 76.1 Å². The number of aryl methyl sites for hydroxylation is 1. The molecule has 1 saturated heterocycles. The predicted molar refractivity (Wildman–Crippen MR) is 72.1 cm³/mol. The Morgan fingerprint density at radius 1 is 1.47 bits per heavy atom. The minimum atomic E-state index is -0.0236. The highest BCUT2D eigenvalue weighted by atomic mass is 16.5. The number of hydrogen-bond donors (Lipinski definition) is 2. The smallest absolute Gasteiger partial charge is 0.216 e. The van der Waals surface area contributed by atoms with Crippen molar-refractivity contribution in [2.45, 2.75) is 26.2 Å². The zero-order valence-electron chi connectivity index (χ0n) is 11.4. The Balaban J connectivity index is 1.94. The van der Waals surface area contributed by atoms with E-state index in [1.165, 1.54) is 6.92 Å². The number of nitrogens with one attached hydrogen (secondary N) is 2. The van der Waals surface area contributed by atoms with Gasteiger partial charge in [-0.2, -0.15) is 0 Å². The van der Waals surface area contributed by atoms with Crippen LogP contribution in [0.5, 0.6) is 0 Å². The second kappa shape index (κ2) is 6.47. The van der Waals surface area contributed by atoms with Crippen LogP contribution in [0.15, 0.2) is 6.07 Å². The molecule has 6 heteroatoms. The van der Waals surface area contributed by atoms with Gasteiger partial charge in [0.1, 0.15) is 11.6 Å². The van der Waals surface area contributed by atoms with Gasteiger partial charge in [-0.25, -0.2) is 9.97 Å². The maximum absolute atomic E-state index is 10.8. The normalized spacial score (nSPS) is 18.3. The van der Waals surface area contributed by atoms with Crippen LogP contribution in [0.2, 0.25) is 0 Å². The van der Waals surface area contributed by atoms with E-state index in [-0.39, 0.29) is 5.91 Å². The van der Waals surface area contributed by atoms with Crippen LogP contribution in [-0.2, 0) is 9.53 Å². The van der Waals surface area contributed by atoms with Crippen molar-refractivity contribution in [2.24, 2.45) is 0 Å². The Hall–Kier alpha value is -1.69. The number of carbonyl (C=O) groups is 1. The van der Waals surface area contributed by atoms with Gasteiger partial charge in [-0.1, -0.05) is 0 Å². The standard InChI is InChI=1S/C13H20N4O2/c1-9-16-12(11-3-6-19-8-11)7-13(17-9)15-5-4-14-10(2)18/h7,11H,3-6,8H2,1-2H3,(H,14,18)(H,15,16,17)/t11-/m1/s1. The molecule has 1 aromatic heterocycles. The fourth-order valence-electron chi connectivity index (χ4n) is 2.09. The van der Waals surface area contributed by atoms with E-state index in [4.69, 9.17) is 4.74 Å². The molecule has 0 unspecified atom stereocenters. The van der Waals surface area contributed by atoms with E-state index < -0.39 is 0 Å². The minimum Gasteiger partial charge on any atom is -0.381 e. The molecule has 0 radical (unpaired) electrons. The fraction of sp³-hybridized carbons (Fsp3) is 0.615. The predicted octanol–water partition coefficient (Wildman–Crippen LogP) is 0.837. The average Bonchev–Trinajstić information content (AvgIpc) is 2.87. The number of rotatable bonds is 5. The lowest BCUT2D eigenvalue weighted by molar-refractivity contribution is -0.118. The summed E-state index contributed by atoms with van der Waals surface area (Å²) in [6.45, 7) is 6.17. The molecule has 19 heavy (non-hydrogen) atoms. The maximum atomic E-state index is 10.8. The zero-order chi connectivity index (χ0) is 13.7. The molecule has 104 valence electrons. The average molecular weight is 264 g/mol. The van der Waals surface area contributed by atoms with Gasteiger partial charge in [0, 0.05) is 38.6 Å². The van der Waals surface area contributed by atoms with Crippen LogP contribution in [0.1, 0.15) is 30.8 Å². The molecule has 0 aliphatic carbocycles. The van der Waals surface area contributed by atoms with Crippen LogP contribution in [0.25, 0.3) is 0 Å². The van der Waals surface area contributed by atoms with Crippen molar-refractivity contribution in [1.29, 1.82) is 0 Å². The summed E-state index contributed by atoms with van der Waals surface area (Å²) in [6, 6.07) is 1.97. The third-order valence-electron chi connectivity index (χ3n) is 3.01. The van der Waals surface area contributed by atoms with E-state index >= 15 is 0 Å². The fourth-order valence-corrected chi connectivity index (χ4v) is 2.09. The molecule has 2 N–H and O–H groups in total. The molecule has 0 spiro atoms. The highest BCUT2D eigenvalue weighted by Gasteiger charge is 2.20. The molecule has 1 amide bonds. The molecule has 1 aliphatic heterocycles. The SMILES string of the molecule is CC(=O)NCCNc1cc([C@@H]2CCOC2)nc(C)n1. The summed E-state index contributed by atoms with van der Waals surface area (Å²) in [4.78, 5) is 19.6. The van der Waals surface area contributed by atoms with E-state index in [0.717, 1.165) is 37.0 Å². The van der Waals surface area contributed by atoms with Crippen molar-refractivity contribution in [1.82, 2.24) is 15.3 Å². The first-order chi connectivity index (χ1) is 9.15. The lowest BCUT2D eigenvalue weighted by atomic mass is 10.0. The van der Waals surface area contributed by atoms with Crippen molar-refractivity contribution in [3.63, 3.8) is 0 Å². The van der Waals surface area contributed by atoms with Crippen molar-refractivity contribution in [3.05, 3.63) is 17.6 Å². The summed E-state index contributed by atoms with van der Waals surface area (Å²) in [6.07, 6.45) is 1.02. The third kappa shape index (κ3) is 4.17. The largest absolute Gasteiger partial charge is 0.381 e. The molecule has 1 atom stereocenters. The minimum absolute atomic E-state index is 0.0236. The van der Waals surface area contributed by atoms with Gasteiger partial charge in [0.05, 0.1) is 12.3 Å². The number of amides is 1. The Kier molecular flexibility index (Phi) is 4.68. The number of hydrogen-bond acceptors (Lipinski definition) is 5. The zero-order valence-corrected chi connectivity index (χ0v) is 11.4. The summed E-state index contributed by atoms with van der Waals surface area (Å²) in [5.41, 5.74) is 1.03.